The predicted octanol–water partition coefficient (Wildman–Crippen LogP) is -1.02. The first-order valence-electron chi connectivity index (χ1n) is 6.07. The van der Waals surface area contributed by atoms with Crippen LogP contribution in [0.25, 0.3) is 0 Å². The van der Waals surface area contributed by atoms with Gasteiger partial charge in [0.2, 0.25) is 0 Å². The molecule has 2 aromatic rings. The maximum absolute atomic E-state index is 11.3. The van der Waals surface area contributed by atoms with Crippen molar-refractivity contribution in [3.05, 3.63) is 66.8 Å². The summed E-state index contributed by atoms with van der Waals surface area (Å²) in [5.41, 5.74) is 0.927. The first kappa shape index (κ1) is 15.4. The van der Waals surface area contributed by atoms with Gasteiger partial charge in [0.25, 0.3) is 0 Å². The number of hydrogen-bond donors (Lipinski definition) is 0. The van der Waals surface area contributed by atoms with Gasteiger partial charge < -0.3 is 0 Å². The number of esters is 1. The molecule has 0 atom stereocenters. The van der Waals surface area contributed by atoms with Gasteiger partial charge in [-0.3, -0.25) is 0 Å². The Hall–Kier alpha value is -2.02. The summed E-state index contributed by atoms with van der Waals surface area (Å²) in [6.07, 6.45) is 0.315. The Morgan fingerprint density at radius 1 is 0.905 bits per heavy atom. The molecular weight excluding hydrogens is 383 g/mol. The Morgan fingerprint density at radius 2 is 1.38 bits per heavy atom. The Bertz CT molecular complexity index is 660. The summed E-state index contributed by atoms with van der Waals surface area (Å²) < 4.78 is 6.93. The Balaban J connectivity index is 2.09. The Morgan fingerprint density at radius 3 is 1.81 bits per heavy atom. The van der Waals surface area contributed by atoms with Crippen molar-refractivity contribution in [2.45, 2.75) is 0 Å². The molecule has 4 nitrogen and oxygen atoms in total. The van der Waals surface area contributed by atoms with Crippen LogP contribution in [0.1, 0.15) is 20.7 Å². The van der Waals surface area contributed by atoms with E-state index in [4.69, 9.17) is 0 Å². The third kappa shape index (κ3) is 3.98. The van der Waals surface area contributed by atoms with E-state index in [-0.39, 0.29) is 5.97 Å². The number of methoxy groups -OCH3 is 1. The quantitative estimate of drug-likeness (QED) is 0.214. The number of aldehydes is 1. The van der Waals surface area contributed by atoms with Crippen molar-refractivity contribution in [2.75, 3.05) is 7.11 Å². The number of halogens is 1. The van der Waals surface area contributed by atoms with Crippen molar-refractivity contribution < 1.29 is 40.3 Å². The monoisotopic (exact) mass is 395 g/mol. The molecule has 2 aromatic carbocycles. The van der Waals surface area contributed by atoms with E-state index in [1.54, 1.807) is 24.3 Å². The summed E-state index contributed by atoms with van der Waals surface area (Å²) in [5.74, 6) is -0.862. The van der Waals surface area contributed by atoms with Crippen LogP contribution >= 0.6 is 0 Å². The summed E-state index contributed by atoms with van der Waals surface area (Å²) in [5, 5.41) is 0. The number of benzene rings is 2. The molecule has 0 fully saturated rings. The van der Waals surface area contributed by atoms with Crippen molar-refractivity contribution in [3.63, 3.8) is 0 Å². The van der Waals surface area contributed by atoms with E-state index in [2.05, 4.69) is 4.74 Å². The van der Waals surface area contributed by atoms with E-state index < -0.39 is 27.0 Å². The second-order valence-electron chi connectivity index (χ2n) is 4.08. The summed E-state index contributed by atoms with van der Waals surface area (Å²) in [4.78, 5) is 33.0. The number of carbonyl (C=O) groups excluding carboxylic acids is 3. The van der Waals surface area contributed by atoms with E-state index in [1.807, 2.05) is 24.3 Å². The Labute approximate surface area is 132 Å². The zero-order valence-corrected chi connectivity index (χ0v) is 13.4. The predicted molar refractivity (Wildman–Crippen MR) is 72.0 cm³/mol. The van der Waals surface area contributed by atoms with Crippen LogP contribution in [0.3, 0.4) is 0 Å². The van der Waals surface area contributed by atoms with E-state index >= 15 is 0 Å². The van der Waals surface area contributed by atoms with Crippen LogP contribution in [0.5, 0.6) is 0 Å². The molecular formula is C16H12IO4-. The average molecular weight is 395 g/mol. The van der Waals surface area contributed by atoms with Crippen LogP contribution in [0.2, 0.25) is 0 Å². The molecule has 0 bridgehead atoms. The van der Waals surface area contributed by atoms with E-state index in [0.29, 0.717) is 17.4 Å². The first-order chi connectivity index (χ1) is 10.1. The molecule has 0 unspecified atom stereocenters. The summed E-state index contributed by atoms with van der Waals surface area (Å²) in [7, 11) is 1.35. The average Bonchev–Trinajstić information content (AvgIpc) is 2.55. The van der Waals surface area contributed by atoms with Crippen LogP contribution in [-0.4, -0.2) is 25.1 Å². The number of carbonyl (C=O) groups is 3. The number of rotatable bonds is 5. The van der Waals surface area contributed by atoms with Crippen LogP contribution in [0, 0.1) is 7.14 Å². The third-order valence-electron chi connectivity index (χ3n) is 2.72. The van der Waals surface area contributed by atoms with Gasteiger partial charge in [-0.2, -0.15) is 0 Å². The summed E-state index contributed by atoms with van der Waals surface area (Å²) in [6, 6.07) is 14.3. The van der Waals surface area contributed by atoms with E-state index in [0.717, 1.165) is 7.14 Å². The van der Waals surface area contributed by atoms with Gasteiger partial charge in [-0.25, -0.2) is 0 Å². The van der Waals surface area contributed by atoms with Gasteiger partial charge in [0.1, 0.15) is 0 Å². The van der Waals surface area contributed by atoms with Crippen LogP contribution in [0.4, 0.5) is 0 Å². The molecule has 0 saturated carbocycles. The molecule has 0 spiro atoms. The molecule has 0 aromatic heterocycles. The van der Waals surface area contributed by atoms with Crippen LogP contribution < -0.4 is 21.2 Å². The van der Waals surface area contributed by atoms with E-state index in [1.165, 1.54) is 7.11 Å². The van der Waals surface area contributed by atoms with Crippen molar-refractivity contribution in [2.24, 2.45) is 0 Å². The van der Waals surface area contributed by atoms with Gasteiger partial charge in [0, 0.05) is 0 Å². The van der Waals surface area contributed by atoms with Crippen LogP contribution in [-0.2, 0) is 9.53 Å². The minimum absolute atomic E-state index is 0.315. The van der Waals surface area contributed by atoms with Gasteiger partial charge in [0.05, 0.1) is 0 Å². The fourth-order valence-electron chi connectivity index (χ4n) is 1.64. The fraction of sp³-hybridized carbons (Fsp3) is 0.0625. The van der Waals surface area contributed by atoms with E-state index in [9.17, 15) is 14.4 Å². The van der Waals surface area contributed by atoms with Crippen molar-refractivity contribution in [1.29, 1.82) is 0 Å². The molecule has 0 aliphatic heterocycles. The molecule has 0 aliphatic carbocycles. The second kappa shape index (κ2) is 7.12. The van der Waals surface area contributed by atoms with Gasteiger partial charge >= 0.3 is 132 Å². The number of Topliss-reactive ketones (excluding diaryl/α,β-unsaturated/α-hetero) is 1. The molecule has 21 heavy (non-hydrogen) atoms. The Kier molecular flexibility index (Phi) is 5.21. The minimum atomic E-state index is -0.512. The summed E-state index contributed by atoms with van der Waals surface area (Å²) in [6.45, 7) is 0. The van der Waals surface area contributed by atoms with Gasteiger partial charge in [-0.1, -0.05) is 0 Å². The van der Waals surface area contributed by atoms with Gasteiger partial charge in [0.15, 0.2) is 0 Å². The molecule has 0 radical (unpaired) electrons. The number of ether oxygens (including phenoxy) is 1. The number of ketones is 1. The molecule has 0 amide bonds. The van der Waals surface area contributed by atoms with Crippen molar-refractivity contribution in [3.8, 4) is 0 Å². The fourth-order valence-corrected chi connectivity index (χ4v) is 3.80. The SMILES string of the molecule is COC(=O)c1ccc([I-]c2ccc(C(=O)C=O)cc2)cc1. The standard InChI is InChI=1S/C16H12IO4/c1-21-16(20)12-4-8-14(9-5-12)17-13-6-2-11(3-7-13)15(19)10-18/h2-10H,1H3/q-1. The van der Waals surface area contributed by atoms with Crippen molar-refractivity contribution >= 4 is 18.0 Å². The second-order valence-corrected chi connectivity index (χ2v) is 7.11. The molecule has 2 rings (SSSR count). The molecule has 0 aliphatic rings. The maximum atomic E-state index is 11.3. The third-order valence-corrected chi connectivity index (χ3v) is 5.40. The molecule has 108 valence electrons. The van der Waals surface area contributed by atoms with Crippen molar-refractivity contribution in [1.82, 2.24) is 0 Å². The zero-order valence-electron chi connectivity index (χ0n) is 11.2. The first-order valence-corrected chi connectivity index (χ1v) is 8.22. The van der Waals surface area contributed by atoms with Gasteiger partial charge in [-0.15, -0.1) is 0 Å². The molecule has 5 heteroatoms. The molecule has 0 saturated heterocycles. The topological polar surface area (TPSA) is 60.4 Å². The van der Waals surface area contributed by atoms with Crippen LogP contribution in [0.15, 0.2) is 48.5 Å². The van der Waals surface area contributed by atoms with Gasteiger partial charge in [-0.05, 0) is 0 Å². The zero-order chi connectivity index (χ0) is 15.2. The number of hydrogen-bond acceptors (Lipinski definition) is 4. The molecule has 0 N–H and O–H groups in total. The normalized spacial score (nSPS) is 10.1. The summed E-state index contributed by atoms with van der Waals surface area (Å²) >= 11 is -0.397. The molecule has 0 heterocycles.